The third kappa shape index (κ3) is 59.6. The van der Waals surface area contributed by atoms with Crippen LogP contribution in [0.2, 0.25) is 0 Å². The fourth-order valence-electron chi connectivity index (χ4n) is 7.51. The third-order valence-corrected chi connectivity index (χ3v) is 11.9. The second-order valence-electron chi connectivity index (χ2n) is 19.1. The van der Waals surface area contributed by atoms with E-state index in [4.69, 9.17) is 14.2 Å². The molecule has 0 saturated heterocycles. The normalized spacial score (nSPS) is 13.4. The second-order valence-corrected chi connectivity index (χ2v) is 19.1. The predicted octanol–water partition coefficient (Wildman–Crippen LogP) is 20.7. The van der Waals surface area contributed by atoms with E-state index in [1.807, 2.05) is 12.2 Å². The van der Waals surface area contributed by atoms with Crippen molar-refractivity contribution in [2.24, 2.45) is 0 Å². The molecule has 0 aliphatic heterocycles. The van der Waals surface area contributed by atoms with Gasteiger partial charge in [-0.3, -0.25) is 14.4 Å². The van der Waals surface area contributed by atoms with Gasteiger partial charge in [-0.1, -0.05) is 249 Å². The number of allylic oxidation sites excluding steroid dienone is 28. The number of hydrogen-bond acceptors (Lipinski definition) is 6. The number of ether oxygens (including phenoxy) is 3. The Morgan fingerprint density at radius 2 is 0.539 bits per heavy atom. The molecule has 0 heterocycles. The van der Waals surface area contributed by atoms with E-state index in [-0.39, 0.29) is 31.6 Å². The largest absolute Gasteiger partial charge is 0.462 e. The molecule has 6 nitrogen and oxygen atoms in total. The molecule has 76 heavy (non-hydrogen) atoms. The highest BCUT2D eigenvalue weighted by Crippen LogP contribution is 2.13. The maximum atomic E-state index is 12.8. The van der Waals surface area contributed by atoms with Gasteiger partial charge in [-0.25, -0.2) is 0 Å². The van der Waals surface area contributed by atoms with Crippen LogP contribution in [0.4, 0.5) is 0 Å². The highest BCUT2D eigenvalue weighted by Gasteiger charge is 2.19. The molecular weight excluding hydrogens is 937 g/mol. The van der Waals surface area contributed by atoms with Crippen molar-refractivity contribution in [3.63, 3.8) is 0 Å². The van der Waals surface area contributed by atoms with Crippen molar-refractivity contribution in [2.45, 2.75) is 239 Å². The van der Waals surface area contributed by atoms with Crippen molar-refractivity contribution in [3.05, 3.63) is 170 Å². The van der Waals surface area contributed by atoms with Crippen LogP contribution in [-0.2, 0) is 28.6 Å². The first-order valence-electron chi connectivity index (χ1n) is 30.1. The molecule has 0 N–H and O–H groups in total. The minimum atomic E-state index is -0.835. The quantitative estimate of drug-likeness (QED) is 0.0261. The first-order valence-corrected chi connectivity index (χ1v) is 30.1. The molecule has 0 aromatic carbocycles. The van der Waals surface area contributed by atoms with Crippen LogP contribution in [0.15, 0.2) is 170 Å². The molecule has 0 rings (SSSR count). The Morgan fingerprint density at radius 3 is 0.868 bits per heavy atom. The van der Waals surface area contributed by atoms with E-state index in [0.29, 0.717) is 19.3 Å². The molecule has 0 spiro atoms. The van der Waals surface area contributed by atoms with Gasteiger partial charge in [0, 0.05) is 19.3 Å². The van der Waals surface area contributed by atoms with Crippen LogP contribution in [0.3, 0.4) is 0 Å². The number of carbonyl (C=O) groups excluding carboxylic acids is 3. The smallest absolute Gasteiger partial charge is 0.306 e. The standard InChI is InChI=1S/C70H108O6/c1-4-7-10-13-16-19-22-24-26-28-30-31-32-33-34-35-36-37-38-39-41-42-44-46-48-51-54-57-60-63-69(72)75-66-67(65-74-68(71)62-59-56-53-50-21-18-15-12-9-6-3)76-70(73)64-61-58-55-52-49-47-45-43-40-29-27-25-23-20-17-14-11-8-5-2/h7-8,10-12,15-17,19-20,24-27,30-31,33-34,36-37,39-41,43,47,49,55,58,67H,4-6,9,13-14,18,21-23,28-29,32,35,38,42,44-46,48,50-54,56-57,59-66H2,1-3H3/b10-7-,11-8-,15-12-,19-16-,20-17-,26-24-,27-25-,31-30-,34-33-,37-36-,41-39-,43-40-,49-47-,58-55-. The fraction of sp³-hybridized carbons (Fsp3) is 0.557. The van der Waals surface area contributed by atoms with Gasteiger partial charge >= 0.3 is 17.9 Å². The maximum absolute atomic E-state index is 12.8. The average Bonchev–Trinajstić information content (AvgIpc) is 3.42. The van der Waals surface area contributed by atoms with Crippen molar-refractivity contribution in [1.29, 1.82) is 0 Å². The Bertz CT molecular complexity index is 1770. The lowest BCUT2D eigenvalue weighted by Gasteiger charge is -2.18. The zero-order chi connectivity index (χ0) is 55.0. The Morgan fingerprint density at radius 1 is 0.276 bits per heavy atom. The fourth-order valence-corrected chi connectivity index (χ4v) is 7.51. The molecule has 0 saturated carbocycles. The highest BCUT2D eigenvalue weighted by molar-refractivity contribution is 5.71. The zero-order valence-corrected chi connectivity index (χ0v) is 48.4. The summed E-state index contributed by atoms with van der Waals surface area (Å²) in [5, 5.41) is 0. The minimum absolute atomic E-state index is 0.124. The van der Waals surface area contributed by atoms with E-state index in [0.717, 1.165) is 154 Å². The van der Waals surface area contributed by atoms with Gasteiger partial charge in [0.15, 0.2) is 6.10 Å². The van der Waals surface area contributed by atoms with E-state index in [1.54, 1.807) is 0 Å². The highest BCUT2D eigenvalue weighted by atomic mass is 16.6. The average molecular weight is 1050 g/mol. The molecule has 424 valence electrons. The first-order chi connectivity index (χ1) is 37.5. The number of rotatable bonds is 52. The summed E-state index contributed by atoms with van der Waals surface area (Å²) in [6.45, 7) is 6.25. The van der Waals surface area contributed by atoms with Crippen LogP contribution < -0.4 is 0 Å². The molecule has 0 radical (unpaired) electrons. The lowest BCUT2D eigenvalue weighted by Crippen LogP contribution is -2.30. The van der Waals surface area contributed by atoms with Crippen molar-refractivity contribution >= 4 is 17.9 Å². The first kappa shape index (κ1) is 70.8. The lowest BCUT2D eigenvalue weighted by atomic mass is 10.1. The summed E-state index contributed by atoms with van der Waals surface area (Å²) >= 11 is 0. The molecule has 0 aromatic heterocycles. The van der Waals surface area contributed by atoms with Crippen LogP contribution >= 0.6 is 0 Å². The lowest BCUT2D eigenvalue weighted by molar-refractivity contribution is -0.166. The Kier molecular flexibility index (Phi) is 58.0. The van der Waals surface area contributed by atoms with Gasteiger partial charge in [-0.15, -0.1) is 0 Å². The second kappa shape index (κ2) is 62.3. The van der Waals surface area contributed by atoms with Crippen LogP contribution in [0, 0.1) is 0 Å². The van der Waals surface area contributed by atoms with Crippen LogP contribution in [0.1, 0.15) is 233 Å². The summed E-state index contributed by atoms with van der Waals surface area (Å²) in [5.74, 6) is -1.04. The molecule has 0 aromatic rings. The summed E-state index contributed by atoms with van der Waals surface area (Å²) in [4.78, 5) is 38.1. The number of hydrogen-bond donors (Lipinski definition) is 0. The number of carbonyl (C=O) groups is 3. The molecule has 6 heteroatoms. The van der Waals surface area contributed by atoms with Gasteiger partial charge < -0.3 is 14.2 Å². The van der Waals surface area contributed by atoms with E-state index in [1.165, 1.54) is 32.1 Å². The molecule has 0 amide bonds. The molecular formula is C70H108O6. The monoisotopic (exact) mass is 1040 g/mol. The molecule has 0 aliphatic carbocycles. The summed E-state index contributed by atoms with van der Waals surface area (Å²) in [6, 6.07) is 0. The third-order valence-electron chi connectivity index (χ3n) is 11.9. The summed E-state index contributed by atoms with van der Waals surface area (Å²) in [5.41, 5.74) is 0. The van der Waals surface area contributed by atoms with Gasteiger partial charge in [-0.05, 0) is 135 Å². The van der Waals surface area contributed by atoms with Crippen molar-refractivity contribution < 1.29 is 28.6 Å². The van der Waals surface area contributed by atoms with E-state index in [2.05, 4.69) is 179 Å². The number of esters is 3. The van der Waals surface area contributed by atoms with E-state index < -0.39 is 12.1 Å². The van der Waals surface area contributed by atoms with Crippen LogP contribution in [-0.4, -0.2) is 37.2 Å². The summed E-state index contributed by atoms with van der Waals surface area (Å²) < 4.78 is 16.8. The van der Waals surface area contributed by atoms with Gasteiger partial charge in [0.05, 0.1) is 0 Å². The minimum Gasteiger partial charge on any atom is -0.462 e. The molecule has 0 aliphatic rings. The molecule has 0 fully saturated rings. The van der Waals surface area contributed by atoms with Crippen molar-refractivity contribution in [1.82, 2.24) is 0 Å². The molecule has 1 atom stereocenters. The topological polar surface area (TPSA) is 78.9 Å². The van der Waals surface area contributed by atoms with Crippen LogP contribution in [0.5, 0.6) is 0 Å². The Labute approximate surface area is 466 Å². The molecule has 0 bridgehead atoms. The molecule has 1 unspecified atom stereocenters. The zero-order valence-electron chi connectivity index (χ0n) is 48.4. The van der Waals surface area contributed by atoms with Crippen molar-refractivity contribution in [2.75, 3.05) is 13.2 Å². The SMILES string of the molecule is CC/C=C\C/C=C\C/C=C\C/C=C\C/C=C\C/C=C\C/C=C\CCCCCCCCCC(=O)OCC(COC(=O)CCCCCCC/C=C\CCC)OC(=O)CC/C=C\C/C=C\C/C=C\C/C=C\C/C=C\C/C=C\CC. The van der Waals surface area contributed by atoms with E-state index in [9.17, 15) is 14.4 Å². The summed E-state index contributed by atoms with van der Waals surface area (Å²) in [7, 11) is 0. The predicted molar refractivity (Wildman–Crippen MR) is 329 cm³/mol. The van der Waals surface area contributed by atoms with Crippen molar-refractivity contribution in [3.8, 4) is 0 Å². The van der Waals surface area contributed by atoms with Gasteiger partial charge in [0.1, 0.15) is 13.2 Å². The summed E-state index contributed by atoms with van der Waals surface area (Å²) in [6.07, 6.45) is 92.3. The van der Waals surface area contributed by atoms with Gasteiger partial charge in [-0.2, -0.15) is 0 Å². The van der Waals surface area contributed by atoms with Gasteiger partial charge in [0.2, 0.25) is 0 Å². The maximum Gasteiger partial charge on any atom is 0.306 e. The van der Waals surface area contributed by atoms with Crippen LogP contribution in [0.25, 0.3) is 0 Å². The Hall–Kier alpha value is -5.23. The number of unbranched alkanes of at least 4 members (excludes halogenated alkanes) is 13. The Balaban J connectivity index is 4.41. The van der Waals surface area contributed by atoms with Gasteiger partial charge in [0.25, 0.3) is 0 Å². The van der Waals surface area contributed by atoms with E-state index >= 15 is 0 Å².